The number of aromatic nitrogens is 2. The van der Waals surface area contributed by atoms with Crippen LogP contribution in [-0.2, 0) is 9.59 Å². The van der Waals surface area contributed by atoms with Gasteiger partial charge in [0.25, 0.3) is 5.78 Å². The number of ketones is 1. The number of halogens is 2. The molecule has 0 radical (unpaired) electrons. The van der Waals surface area contributed by atoms with Crippen molar-refractivity contribution in [1.29, 1.82) is 0 Å². The van der Waals surface area contributed by atoms with Crippen molar-refractivity contribution in [3.63, 3.8) is 0 Å². The Balaban J connectivity index is 1.72. The second-order valence-corrected chi connectivity index (χ2v) is 8.52. The van der Waals surface area contributed by atoms with Gasteiger partial charge >= 0.3 is 5.91 Å². The number of aliphatic hydroxyl groups excluding tert-OH is 1. The van der Waals surface area contributed by atoms with Crippen LogP contribution in [0.3, 0.4) is 0 Å². The van der Waals surface area contributed by atoms with Crippen LogP contribution in [0.25, 0.3) is 16.0 Å². The van der Waals surface area contributed by atoms with E-state index < -0.39 is 29.3 Å². The number of Topliss-reactive ketones (excluding diaryl/α,β-unsaturated/α-hetero) is 1. The van der Waals surface area contributed by atoms with Gasteiger partial charge < -0.3 is 5.11 Å². The van der Waals surface area contributed by atoms with Crippen molar-refractivity contribution in [2.45, 2.75) is 6.04 Å². The summed E-state index contributed by atoms with van der Waals surface area (Å²) in [7, 11) is 0. The Morgan fingerprint density at radius 3 is 2.62 bits per heavy atom. The van der Waals surface area contributed by atoms with E-state index >= 15 is 0 Å². The summed E-state index contributed by atoms with van der Waals surface area (Å²) in [6.45, 7) is 0. The summed E-state index contributed by atoms with van der Waals surface area (Å²) in [6.07, 6.45) is 3.08. The fraction of sp³-hybridized carbons (Fsp3) is 0.0435. The first-order chi connectivity index (χ1) is 15.4. The van der Waals surface area contributed by atoms with Gasteiger partial charge in [-0.05, 0) is 54.1 Å². The molecule has 158 valence electrons. The van der Waals surface area contributed by atoms with E-state index in [-0.39, 0.29) is 16.3 Å². The van der Waals surface area contributed by atoms with Crippen LogP contribution >= 0.6 is 22.9 Å². The lowest BCUT2D eigenvalue weighted by Gasteiger charge is -2.22. The number of anilines is 1. The lowest BCUT2D eigenvalue weighted by molar-refractivity contribution is -0.132. The fourth-order valence-corrected chi connectivity index (χ4v) is 4.90. The Labute approximate surface area is 190 Å². The predicted octanol–water partition coefficient (Wildman–Crippen LogP) is 5.11. The van der Waals surface area contributed by atoms with Gasteiger partial charge in [-0.2, -0.15) is 0 Å². The van der Waals surface area contributed by atoms with Crippen LogP contribution in [0.1, 0.15) is 17.2 Å². The van der Waals surface area contributed by atoms with Crippen molar-refractivity contribution in [3.8, 4) is 0 Å². The molecule has 0 saturated carbocycles. The van der Waals surface area contributed by atoms with Gasteiger partial charge in [0, 0.05) is 23.0 Å². The van der Waals surface area contributed by atoms with Crippen LogP contribution in [0.15, 0.2) is 72.6 Å². The Bertz CT molecular complexity index is 1400. The van der Waals surface area contributed by atoms with E-state index in [1.165, 1.54) is 46.7 Å². The minimum Gasteiger partial charge on any atom is -0.507 e. The van der Waals surface area contributed by atoms with E-state index in [0.717, 1.165) is 4.70 Å². The molecule has 9 heteroatoms. The highest BCUT2D eigenvalue weighted by Crippen LogP contribution is 2.44. The van der Waals surface area contributed by atoms with Crippen molar-refractivity contribution in [3.05, 3.63) is 94.5 Å². The zero-order chi connectivity index (χ0) is 22.4. The lowest BCUT2D eigenvalue weighted by atomic mass is 9.96. The minimum absolute atomic E-state index is 0.119. The summed E-state index contributed by atoms with van der Waals surface area (Å²) < 4.78 is 14.1. The van der Waals surface area contributed by atoms with Crippen LogP contribution < -0.4 is 4.90 Å². The lowest BCUT2D eigenvalue weighted by Crippen LogP contribution is -2.29. The van der Waals surface area contributed by atoms with Crippen LogP contribution in [0.4, 0.5) is 9.52 Å². The van der Waals surface area contributed by atoms with E-state index in [1.807, 2.05) is 0 Å². The van der Waals surface area contributed by atoms with Gasteiger partial charge in [-0.15, -0.1) is 0 Å². The molecule has 5 rings (SSSR count). The molecule has 1 saturated heterocycles. The number of carbonyl (C=O) groups is 2. The van der Waals surface area contributed by atoms with Gasteiger partial charge in [0.1, 0.15) is 11.6 Å². The topological polar surface area (TPSA) is 83.4 Å². The molecular formula is C23H13ClFN3O3S. The van der Waals surface area contributed by atoms with Crippen molar-refractivity contribution in [1.82, 2.24) is 9.97 Å². The highest BCUT2D eigenvalue weighted by molar-refractivity contribution is 7.22. The summed E-state index contributed by atoms with van der Waals surface area (Å²) in [5.41, 5.74) is 1.24. The summed E-state index contributed by atoms with van der Waals surface area (Å²) in [4.78, 5) is 36.1. The fourth-order valence-electron chi connectivity index (χ4n) is 3.64. The maximum absolute atomic E-state index is 13.4. The number of nitrogens with zero attached hydrogens (tertiary/aromatic N) is 3. The first-order valence-electron chi connectivity index (χ1n) is 9.47. The third-order valence-corrected chi connectivity index (χ3v) is 6.36. The summed E-state index contributed by atoms with van der Waals surface area (Å²) in [5, 5.41) is 11.8. The molecule has 1 aliphatic heterocycles. The molecule has 1 aliphatic rings. The van der Waals surface area contributed by atoms with E-state index in [4.69, 9.17) is 11.6 Å². The number of hydrogen-bond donors (Lipinski definition) is 1. The Hall–Kier alpha value is -3.62. The number of aliphatic hydroxyl groups is 1. The zero-order valence-corrected chi connectivity index (χ0v) is 17.8. The SMILES string of the molecule is O=C1C(=O)N(c2nc3ccc(Cl)cc3s2)C(c2cccnc2)/C1=C(\O)c1ccc(F)cc1. The molecule has 2 aromatic carbocycles. The molecule has 0 bridgehead atoms. The molecule has 0 aliphatic carbocycles. The number of hydrogen-bond acceptors (Lipinski definition) is 6. The van der Waals surface area contributed by atoms with Crippen LogP contribution in [0, 0.1) is 5.82 Å². The highest BCUT2D eigenvalue weighted by Gasteiger charge is 2.48. The van der Waals surface area contributed by atoms with Crippen LogP contribution in [0.5, 0.6) is 0 Å². The second-order valence-electron chi connectivity index (χ2n) is 7.07. The van der Waals surface area contributed by atoms with Gasteiger partial charge in [-0.3, -0.25) is 19.5 Å². The molecule has 1 atom stereocenters. The molecule has 3 heterocycles. The first kappa shape index (κ1) is 20.3. The maximum Gasteiger partial charge on any atom is 0.301 e. The molecule has 4 aromatic rings. The van der Waals surface area contributed by atoms with Gasteiger partial charge in [0.05, 0.1) is 21.8 Å². The standard InChI is InChI=1S/C23H13ClFN3O3S/c24-14-5-8-16-17(10-14)32-23(27-16)28-19(13-2-1-9-26-11-13)18(21(30)22(28)31)20(29)12-3-6-15(25)7-4-12/h1-11,19,29H/b20-18+. The summed E-state index contributed by atoms with van der Waals surface area (Å²) in [6, 6.07) is 12.6. The number of benzene rings is 2. The second kappa shape index (κ2) is 7.81. The predicted molar refractivity (Wildman–Crippen MR) is 120 cm³/mol. The van der Waals surface area contributed by atoms with Gasteiger partial charge in [0.2, 0.25) is 0 Å². The average molecular weight is 466 g/mol. The normalized spacial score (nSPS) is 17.9. The first-order valence-corrected chi connectivity index (χ1v) is 10.7. The van der Waals surface area contributed by atoms with Crippen molar-refractivity contribution >= 4 is 55.7 Å². The van der Waals surface area contributed by atoms with Crippen LogP contribution in [0.2, 0.25) is 5.02 Å². The number of pyridine rings is 1. The Morgan fingerprint density at radius 2 is 1.91 bits per heavy atom. The van der Waals surface area contributed by atoms with Gasteiger partial charge in [-0.25, -0.2) is 9.37 Å². The Kier molecular flexibility index (Phi) is 4.96. The molecule has 6 nitrogen and oxygen atoms in total. The molecule has 1 N–H and O–H groups in total. The monoisotopic (exact) mass is 465 g/mol. The third kappa shape index (κ3) is 3.34. The van der Waals surface area contributed by atoms with Crippen LogP contribution in [-0.4, -0.2) is 26.8 Å². The molecule has 1 unspecified atom stereocenters. The Morgan fingerprint density at radius 1 is 1.12 bits per heavy atom. The molecule has 1 amide bonds. The van der Waals surface area contributed by atoms with E-state index in [1.54, 1.807) is 36.5 Å². The molecule has 2 aromatic heterocycles. The van der Waals surface area contributed by atoms with E-state index in [9.17, 15) is 19.1 Å². The minimum atomic E-state index is -0.954. The number of thiazole rings is 1. The molecular weight excluding hydrogens is 453 g/mol. The van der Waals surface area contributed by atoms with Gasteiger partial charge in [0.15, 0.2) is 5.13 Å². The number of rotatable bonds is 3. The van der Waals surface area contributed by atoms with Crippen molar-refractivity contribution < 1.29 is 19.1 Å². The third-order valence-electron chi connectivity index (χ3n) is 5.11. The highest BCUT2D eigenvalue weighted by atomic mass is 35.5. The summed E-state index contributed by atoms with van der Waals surface area (Å²) in [5.74, 6) is -2.58. The van der Waals surface area contributed by atoms with Crippen molar-refractivity contribution in [2.75, 3.05) is 4.90 Å². The maximum atomic E-state index is 13.4. The number of amides is 1. The number of carbonyl (C=O) groups excluding carboxylic acids is 2. The molecule has 0 spiro atoms. The quantitative estimate of drug-likeness (QED) is 0.258. The van der Waals surface area contributed by atoms with E-state index in [2.05, 4.69) is 9.97 Å². The summed E-state index contributed by atoms with van der Waals surface area (Å²) >= 11 is 7.28. The van der Waals surface area contributed by atoms with Crippen molar-refractivity contribution in [2.24, 2.45) is 0 Å². The average Bonchev–Trinajstić information content (AvgIpc) is 3.32. The largest absolute Gasteiger partial charge is 0.507 e. The molecule has 1 fully saturated rings. The van der Waals surface area contributed by atoms with E-state index in [0.29, 0.717) is 16.1 Å². The molecule has 32 heavy (non-hydrogen) atoms. The number of fused-ring (bicyclic) bond motifs is 1. The smallest absolute Gasteiger partial charge is 0.301 e. The van der Waals surface area contributed by atoms with Gasteiger partial charge in [-0.1, -0.05) is 29.0 Å². The zero-order valence-electron chi connectivity index (χ0n) is 16.2.